The number of nitrogens with zero attached hydrogens (tertiary/aromatic N) is 1. The molecule has 194 valence electrons. The molecule has 1 saturated heterocycles. The van der Waals surface area contributed by atoms with Crippen LogP contribution >= 0.6 is 0 Å². The first-order chi connectivity index (χ1) is 17.4. The van der Waals surface area contributed by atoms with Crippen molar-refractivity contribution in [3.8, 4) is 0 Å². The topological polar surface area (TPSA) is 81.7 Å². The summed E-state index contributed by atoms with van der Waals surface area (Å²) < 4.78 is 0. The van der Waals surface area contributed by atoms with Gasteiger partial charge < -0.3 is 20.6 Å². The number of hydrogen-bond acceptors (Lipinski definition) is 4. The average Bonchev–Trinajstić information content (AvgIpc) is 3.33. The van der Waals surface area contributed by atoms with Crippen molar-refractivity contribution in [2.24, 2.45) is 0 Å². The molecule has 36 heavy (non-hydrogen) atoms. The maximum atomic E-state index is 13.5. The molecule has 0 radical (unpaired) electrons. The van der Waals surface area contributed by atoms with Crippen molar-refractivity contribution in [1.82, 2.24) is 10.6 Å². The molecule has 1 aliphatic heterocycles. The zero-order chi connectivity index (χ0) is 25.5. The van der Waals surface area contributed by atoms with Crippen molar-refractivity contribution in [3.63, 3.8) is 0 Å². The second-order valence-corrected chi connectivity index (χ2v) is 10.7. The van der Waals surface area contributed by atoms with Crippen LogP contribution in [0.3, 0.4) is 0 Å². The number of aliphatic hydroxyl groups is 1. The molecular formula is C30H41N3O3. The standard InChI is InChI=1S/C30H41N3O3/c1-21(2)23-17-24(19-26(18-23)33-15-9-14-29(33)35)30(36)32-27(16-22-10-5-3-6-11-22)28(34)20-31-25-12-7-4-8-13-25/h3,5-6,10-11,17-19,21,25,27-28,31,34H,4,7-9,12-16,20H2,1-2H3,(H,32,36). The Morgan fingerprint density at radius 1 is 1.06 bits per heavy atom. The third-order valence-electron chi connectivity index (χ3n) is 7.55. The molecule has 0 spiro atoms. The van der Waals surface area contributed by atoms with E-state index < -0.39 is 12.1 Å². The summed E-state index contributed by atoms with van der Waals surface area (Å²) in [6.07, 6.45) is 7.24. The van der Waals surface area contributed by atoms with Crippen LogP contribution in [0, 0.1) is 0 Å². The van der Waals surface area contributed by atoms with E-state index >= 15 is 0 Å². The maximum absolute atomic E-state index is 13.5. The molecule has 2 amide bonds. The fourth-order valence-electron chi connectivity index (χ4n) is 5.32. The maximum Gasteiger partial charge on any atom is 0.251 e. The molecule has 2 fully saturated rings. The lowest BCUT2D eigenvalue weighted by Gasteiger charge is -2.29. The molecule has 3 N–H and O–H groups in total. The van der Waals surface area contributed by atoms with Crippen LogP contribution in [0.1, 0.15) is 86.2 Å². The number of anilines is 1. The van der Waals surface area contributed by atoms with Gasteiger partial charge in [0.05, 0.1) is 12.1 Å². The van der Waals surface area contributed by atoms with Gasteiger partial charge in [0.25, 0.3) is 5.91 Å². The van der Waals surface area contributed by atoms with Crippen molar-refractivity contribution in [2.45, 2.75) is 89.3 Å². The van der Waals surface area contributed by atoms with E-state index in [0.29, 0.717) is 37.5 Å². The molecule has 6 heteroatoms. The number of benzene rings is 2. The Morgan fingerprint density at radius 2 is 1.81 bits per heavy atom. The van der Waals surface area contributed by atoms with Gasteiger partial charge in [-0.05, 0) is 60.9 Å². The Labute approximate surface area is 215 Å². The molecule has 1 saturated carbocycles. The third-order valence-corrected chi connectivity index (χ3v) is 7.55. The molecule has 4 rings (SSSR count). The number of aliphatic hydroxyl groups excluding tert-OH is 1. The monoisotopic (exact) mass is 491 g/mol. The third kappa shape index (κ3) is 6.95. The Kier molecular flexibility index (Phi) is 9.16. The van der Waals surface area contributed by atoms with E-state index in [4.69, 9.17) is 0 Å². The number of rotatable bonds is 10. The fraction of sp³-hybridized carbons (Fsp3) is 0.533. The van der Waals surface area contributed by atoms with Crippen molar-refractivity contribution in [1.29, 1.82) is 0 Å². The summed E-state index contributed by atoms with van der Waals surface area (Å²) in [6, 6.07) is 15.7. The van der Waals surface area contributed by atoms with E-state index in [0.717, 1.165) is 36.1 Å². The van der Waals surface area contributed by atoms with Gasteiger partial charge in [0.15, 0.2) is 0 Å². The van der Waals surface area contributed by atoms with Gasteiger partial charge in [-0.1, -0.05) is 63.4 Å². The normalized spacial score (nSPS) is 18.4. The molecule has 0 aromatic heterocycles. The fourth-order valence-corrected chi connectivity index (χ4v) is 5.32. The first-order valence-electron chi connectivity index (χ1n) is 13.6. The quantitative estimate of drug-likeness (QED) is 0.455. The van der Waals surface area contributed by atoms with Crippen LogP contribution in [-0.4, -0.2) is 48.2 Å². The van der Waals surface area contributed by atoms with E-state index in [-0.39, 0.29) is 17.7 Å². The number of carbonyl (C=O) groups excluding carboxylic acids is 2. The van der Waals surface area contributed by atoms with Crippen LogP contribution in [0.15, 0.2) is 48.5 Å². The van der Waals surface area contributed by atoms with Crippen LogP contribution in [0.25, 0.3) is 0 Å². The Balaban J connectivity index is 1.52. The molecular weight excluding hydrogens is 450 g/mol. The van der Waals surface area contributed by atoms with Crippen LogP contribution in [0.2, 0.25) is 0 Å². The van der Waals surface area contributed by atoms with E-state index in [1.165, 1.54) is 19.3 Å². The van der Waals surface area contributed by atoms with Gasteiger partial charge in [0.1, 0.15) is 0 Å². The van der Waals surface area contributed by atoms with Crippen LogP contribution in [0.4, 0.5) is 5.69 Å². The molecule has 2 aromatic carbocycles. The number of amides is 2. The van der Waals surface area contributed by atoms with Gasteiger partial charge in [-0.2, -0.15) is 0 Å². The molecule has 2 unspecified atom stereocenters. The summed E-state index contributed by atoms with van der Waals surface area (Å²) in [5.74, 6) is 0.107. The minimum Gasteiger partial charge on any atom is -0.390 e. The predicted molar refractivity (Wildman–Crippen MR) is 144 cm³/mol. The Hall–Kier alpha value is -2.70. The average molecular weight is 492 g/mol. The van der Waals surface area contributed by atoms with Crippen LogP contribution < -0.4 is 15.5 Å². The number of nitrogens with one attached hydrogen (secondary N) is 2. The highest BCUT2D eigenvalue weighted by atomic mass is 16.3. The molecule has 1 aliphatic carbocycles. The highest BCUT2D eigenvalue weighted by Gasteiger charge is 2.26. The number of hydrogen-bond donors (Lipinski definition) is 3. The summed E-state index contributed by atoms with van der Waals surface area (Å²) in [5, 5.41) is 17.8. The molecule has 2 atom stereocenters. The van der Waals surface area contributed by atoms with Crippen LogP contribution in [0.5, 0.6) is 0 Å². The highest BCUT2D eigenvalue weighted by molar-refractivity contribution is 5.99. The summed E-state index contributed by atoms with van der Waals surface area (Å²) in [5.41, 5.74) is 3.41. The number of carbonyl (C=O) groups is 2. The van der Waals surface area contributed by atoms with Crippen molar-refractivity contribution < 1.29 is 14.7 Å². The lowest BCUT2D eigenvalue weighted by molar-refractivity contribution is -0.117. The molecule has 6 nitrogen and oxygen atoms in total. The highest BCUT2D eigenvalue weighted by Crippen LogP contribution is 2.28. The molecule has 2 aromatic rings. The lowest BCUT2D eigenvalue weighted by Crippen LogP contribution is -2.50. The van der Waals surface area contributed by atoms with Crippen LogP contribution in [-0.2, 0) is 11.2 Å². The SMILES string of the molecule is CC(C)c1cc(C(=O)NC(Cc2ccccc2)C(O)CNC2CCCCC2)cc(N2CCCC2=O)c1. The van der Waals surface area contributed by atoms with Gasteiger partial charge in [0, 0.05) is 36.8 Å². The first kappa shape index (κ1) is 26.4. The first-order valence-corrected chi connectivity index (χ1v) is 13.6. The van der Waals surface area contributed by atoms with Gasteiger partial charge in [-0.15, -0.1) is 0 Å². The van der Waals surface area contributed by atoms with Gasteiger partial charge in [-0.25, -0.2) is 0 Å². The minimum atomic E-state index is -0.719. The summed E-state index contributed by atoms with van der Waals surface area (Å²) in [4.78, 5) is 27.7. The second kappa shape index (κ2) is 12.5. The lowest BCUT2D eigenvalue weighted by atomic mass is 9.94. The van der Waals surface area contributed by atoms with Gasteiger partial charge in [0.2, 0.25) is 5.91 Å². The molecule has 1 heterocycles. The van der Waals surface area contributed by atoms with Crippen molar-refractivity contribution >= 4 is 17.5 Å². The second-order valence-electron chi connectivity index (χ2n) is 10.7. The van der Waals surface area contributed by atoms with Crippen molar-refractivity contribution in [3.05, 3.63) is 65.2 Å². The zero-order valence-corrected chi connectivity index (χ0v) is 21.7. The summed E-state index contributed by atoms with van der Waals surface area (Å²) >= 11 is 0. The Morgan fingerprint density at radius 3 is 2.47 bits per heavy atom. The van der Waals surface area contributed by atoms with Gasteiger partial charge >= 0.3 is 0 Å². The van der Waals surface area contributed by atoms with E-state index in [1.54, 1.807) is 4.90 Å². The van der Waals surface area contributed by atoms with E-state index in [2.05, 4.69) is 24.5 Å². The summed E-state index contributed by atoms with van der Waals surface area (Å²) in [7, 11) is 0. The Bertz CT molecular complexity index is 1020. The summed E-state index contributed by atoms with van der Waals surface area (Å²) in [6.45, 7) is 5.31. The van der Waals surface area contributed by atoms with E-state index in [1.807, 2.05) is 48.5 Å². The predicted octanol–water partition coefficient (Wildman–Crippen LogP) is 4.56. The smallest absolute Gasteiger partial charge is 0.251 e. The minimum absolute atomic E-state index is 0.105. The molecule has 2 aliphatic rings. The largest absolute Gasteiger partial charge is 0.390 e. The van der Waals surface area contributed by atoms with Crippen molar-refractivity contribution in [2.75, 3.05) is 18.0 Å². The zero-order valence-electron chi connectivity index (χ0n) is 21.7. The molecule has 0 bridgehead atoms. The van der Waals surface area contributed by atoms with Gasteiger partial charge in [-0.3, -0.25) is 9.59 Å². The van der Waals surface area contributed by atoms with E-state index in [9.17, 15) is 14.7 Å².